The molecular weight excluding hydrogens is 263 g/mol. The number of ether oxygens (including phenoxy) is 1. The molecule has 0 amide bonds. The monoisotopic (exact) mass is 271 g/mol. The van der Waals surface area contributed by atoms with Crippen molar-refractivity contribution in [1.29, 1.82) is 0 Å². The fourth-order valence-corrected chi connectivity index (χ4v) is 1.18. The van der Waals surface area contributed by atoms with Crippen molar-refractivity contribution >= 4 is 12.0 Å². The number of carbonyl (C=O) groups excluding carboxylic acids is 1. The number of rotatable bonds is 4. The molecule has 0 aliphatic heterocycles. The van der Waals surface area contributed by atoms with Crippen LogP contribution in [-0.2, 0) is 9.53 Å². The number of azide groups is 1. The number of esters is 1. The lowest BCUT2D eigenvalue weighted by Gasteiger charge is -2.03. The molecule has 0 aliphatic rings. The number of halogens is 3. The van der Waals surface area contributed by atoms with Crippen LogP contribution >= 0.6 is 0 Å². The van der Waals surface area contributed by atoms with Gasteiger partial charge >= 0.3 is 5.97 Å². The summed E-state index contributed by atoms with van der Waals surface area (Å²) >= 11 is 0. The van der Waals surface area contributed by atoms with Gasteiger partial charge in [-0.05, 0) is 24.6 Å². The predicted octanol–water partition coefficient (Wildman–Crippen LogP) is 3.32. The van der Waals surface area contributed by atoms with E-state index in [-0.39, 0.29) is 6.61 Å². The summed E-state index contributed by atoms with van der Waals surface area (Å²) in [6.45, 7) is 1.53. The summed E-state index contributed by atoms with van der Waals surface area (Å²) in [6.07, 6.45) is 0.773. The first-order valence-corrected chi connectivity index (χ1v) is 5.08. The van der Waals surface area contributed by atoms with Crippen molar-refractivity contribution < 1.29 is 22.7 Å². The maximum atomic E-state index is 13.3. The summed E-state index contributed by atoms with van der Waals surface area (Å²) in [6, 6.07) is 0.858. The fraction of sp³-hybridized carbons (Fsp3) is 0.182. The molecule has 1 aromatic rings. The molecule has 0 aliphatic carbocycles. The summed E-state index contributed by atoms with van der Waals surface area (Å²) in [7, 11) is 0. The highest BCUT2D eigenvalue weighted by atomic mass is 19.2. The highest BCUT2D eigenvalue weighted by molar-refractivity contribution is 5.93. The van der Waals surface area contributed by atoms with Gasteiger partial charge in [0.25, 0.3) is 0 Å². The highest BCUT2D eigenvalue weighted by Gasteiger charge is 2.13. The van der Waals surface area contributed by atoms with E-state index in [0.717, 1.165) is 6.08 Å². The third-order valence-electron chi connectivity index (χ3n) is 1.97. The summed E-state index contributed by atoms with van der Waals surface area (Å²) in [5, 5.41) is 3.02. The number of carbonyl (C=O) groups is 1. The maximum absolute atomic E-state index is 13.3. The van der Waals surface area contributed by atoms with Crippen LogP contribution in [-0.4, -0.2) is 12.6 Å². The van der Waals surface area contributed by atoms with Gasteiger partial charge in [0.2, 0.25) is 0 Å². The van der Waals surface area contributed by atoms with Gasteiger partial charge < -0.3 is 4.74 Å². The van der Waals surface area contributed by atoms with Gasteiger partial charge in [0.1, 0.15) is 11.5 Å². The van der Waals surface area contributed by atoms with Crippen LogP contribution in [0.4, 0.5) is 13.2 Å². The standard InChI is InChI=1S/C11H8F3N3O2/c1-2-19-11(18)10(16-17-15)4-6-3-8(13)9(14)5-7(6)12/h3-5H,2H2,1H3/b10-4-. The van der Waals surface area contributed by atoms with E-state index in [1.807, 2.05) is 0 Å². The van der Waals surface area contributed by atoms with E-state index in [1.54, 1.807) is 0 Å². The van der Waals surface area contributed by atoms with Gasteiger partial charge in [0.05, 0.1) is 6.61 Å². The molecule has 5 nitrogen and oxygen atoms in total. The Morgan fingerprint density at radius 1 is 1.37 bits per heavy atom. The summed E-state index contributed by atoms with van der Waals surface area (Å²) in [5.74, 6) is -4.76. The largest absolute Gasteiger partial charge is 0.462 e. The van der Waals surface area contributed by atoms with Crippen LogP contribution in [0.1, 0.15) is 12.5 Å². The van der Waals surface area contributed by atoms with Gasteiger partial charge in [-0.15, -0.1) is 0 Å². The van der Waals surface area contributed by atoms with Crippen molar-refractivity contribution in [1.82, 2.24) is 0 Å². The van der Waals surface area contributed by atoms with Gasteiger partial charge in [-0.1, -0.05) is 5.11 Å². The summed E-state index contributed by atoms with van der Waals surface area (Å²) in [4.78, 5) is 13.7. The van der Waals surface area contributed by atoms with E-state index in [0.29, 0.717) is 12.1 Å². The molecule has 0 radical (unpaired) electrons. The van der Waals surface area contributed by atoms with Crippen molar-refractivity contribution in [2.75, 3.05) is 6.61 Å². The Hall–Kier alpha value is -2.47. The summed E-state index contributed by atoms with van der Waals surface area (Å²) < 4.78 is 43.6. The summed E-state index contributed by atoms with van der Waals surface area (Å²) in [5.41, 5.74) is 7.29. The van der Waals surface area contributed by atoms with Gasteiger partial charge in [0, 0.05) is 16.5 Å². The minimum atomic E-state index is -1.36. The first kappa shape index (κ1) is 14.6. The molecule has 0 bridgehead atoms. The van der Waals surface area contributed by atoms with E-state index in [2.05, 4.69) is 14.8 Å². The predicted molar refractivity (Wildman–Crippen MR) is 60.1 cm³/mol. The minimum Gasteiger partial charge on any atom is -0.462 e. The Kier molecular flexibility index (Phi) is 4.96. The Bertz CT molecular complexity index is 581. The average Bonchev–Trinajstić information content (AvgIpc) is 2.35. The van der Waals surface area contributed by atoms with Crippen molar-refractivity contribution in [3.05, 3.63) is 51.3 Å². The highest BCUT2D eigenvalue weighted by Crippen LogP contribution is 2.17. The molecular formula is C11H8F3N3O2. The lowest BCUT2D eigenvalue weighted by Crippen LogP contribution is -2.06. The number of benzene rings is 1. The Morgan fingerprint density at radius 2 is 2.00 bits per heavy atom. The molecule has 0 saturated heterocycles. The molecule has 0 atom stereocenters. The van der Waals surface area contributed by atoms with Crippen molar-refractivity contribution in [3.8, 4) is 0 Å². The van der Waals surface area contributed by atoms with Crippen LogP contribution in [0.3, 0.4) is 0 Å². The third kappa shape index (κ3) is 3.75. The Labute approximate surface area is 105 Å². The van der Waals surface area contributed by atoms with Gasteiger partial charge in [-0.25, -0.2) is 18.0 Å². The van der Waals surface area contributed by atoms with Crippen LogP contribution in [0.25, 0.3) is 16.5 Å². The molecule has 1 aromatic carbocycles. The first-order chi connectivity index (χ1) is 8.99. The lowest BCUT2D eigenvalue weighted by atomic mass is 10.1. The zero-order valence-electron chi connectivity index (χ0n) is 9.73. The first-order valence-electron chi connectivity index (χ1n) is 5.08. The van der Waals surface area contributed by atoms with Crippen LogP contribution < -0.4 is 0 Å². The van der Waals surface area contributed by atoms with Crippen molar-refractivity contribution in [2.24, 2.45) is 5.11 Å². The second kappa shape index (κ2) is 6.46. The maximum Gasteiger partial charge on any atom is 0.340 e. The van der Waals surface area contributed by atoms with E-state index in [1.165, 1.54) is 6.92 Å². The molecule has 0 aromatic heterocycles. The van der Waals surface area contributed by atoms with E-state index in [4.69, 9.17) is 5.53 Å². The Morgan fingerprint density at radius 3 is 2.58 bits per heavy atom. The molecule has 0 N–H and O–H groups in total. The van der Waals surface area contributed by atoms with E-state index in [9.17, 15) is 18.0 Å². The molecule has 0 saturated carbocycles. The molecule has 0 spiro atoms. The second-order valence-electron chi connectivity index (χ2n) is 3.23. The van der Waals surface area contributed by atoms with Gasteiger partial charge in [-0.3, -0.25) is 0 Å². The smallest absolute Gasteiger partial charge is 0.340 e. The normalized spacial score (nSPS) is 10.8. The van der Waals surface area contributed by atoms with Crippen molar-refractivity contribution in [2.45, 2.75) is 6.92 Å². The molecule has 0 fully saturated rings. The Balaban J connectivity index is 3.26. The molecule has 100 valence electrons. The molecule has 0 unspecified atom stereocenters. The SMILES string of the molecule is CCOC(=O)/C(=C/c1cc(F)c(F)cc1F)N=[N+]=[N-]. The quantitative estimate of drug-likeness (QED) is 0.210. The third-order valence-corrected chi connectivity index (χ3v) is 1.97. The number of hydrogen-bond donors (Lipinski definition) is 0. The van der Waals surface area contributed by atoms with Crippen LogP contribution in [0.5, 0.6) is 0 Å². The molecule has 8 heteroatoms. The molecule has 1 rings (SSSR count). The zero-order chi connectivity index (χ0) is 14.4. The van der Waals surface area contributed by atoms with Gasteiger partial charge in [0.15, 0.2) is 11.6 Å². The van der Waals surface area contributed by atoms with E-state index >= 15 is 0 Å². The van der Waals surface area contributed by atoms with Crippen LogP contribution in [0.2, 0.25) is 0 Å². The number of nitrogens with zero attached hydrogens (tertiary/aromatic N) is 3. The van der Waals surface area contributed by atoms with Crippen LogP contribution in [0.15, 0.2) is 22.9 Å². The van der Waals surface area contributed by atoms with Crippen LogP contribution in [0, 0.1) is 17.5 Å². The fourth-order valence-electron chi connectivity index (χ4n) is 1.18. The minimum absolute atomic E-state index is 0.0113. The molecule has 0 heterocycles. The topological polar surface area (TPSA) is 75.1 Å². The van der Waals surface area contributed by atoms with E-state index < -0.39 is 34.7 Å². The lowest BCUT2D eigenvalue weighted by molar-refractivity contribution is -0.138. The second-order valence-corrected chi connectivity index (χ2v) is 3.23. The molecule has 19 heavy (non-hydrogen) atoms. The number of hydrogen-bond acceptors (Lipinski definition) is 3. The average molecular weight is 271 g/mol. The van der Waals surface area contributed by atoms with Crippen molar-refractivity contribution in [3.63, 3.8) is 0 Å². The zero-order valence-corrected chi connectivity index (χ0v) is 9.73. The van der Waals surface area contributed by atoms with Gasteiger partial charge in [-0.2, -0.15) is 0 Å².